The third-order valence-corrected chi connectivity index (χ3v) is 2.17. The van der Waals surface area contributed by atoms with E-state index >= 15 is 0 Å². The number of primary amides is 1. The molecule has 0 saturated carbocycles. The maximum absolute atomic E-state index is 10.4. The molecule has 19 heavy (non-hydrogen) atoms. The van der Waals surface area contributed by atoms with Crippen LogP contribution in [0.3, 0.4) is 0 Å². The number of carbonyl (C=O) groups is 3. The van der Waals surface area contributed by atoms with Crippen molar-refractivity contribution in [2.75, 3.05) is 5.75 Å². The predicted octanol–water partition coefficient (Wildman–Crippen LogP) is -0.314. The molecule has 0 bridgehead atoms. The number of aromatic nitrogens is 1. The summed E-state index contributed by atoms with van der Waals surface area (Å²) in [6.07, 6.45) is 3.02. The van der Waals surface area contributed by atoms with Crippen LogP contribution >= 0.6 is 12.6 Å². The first-order valence-corrected chi connectivity index (χ1v) is 5.82. The molecule has 1 rings (SSSR count). The Morgan fingerprint density at radius 2 is 2.16 bits per heavy atom. The summed E-state index contributed by atoms with van der Waals surface area (Å²) in [5.41, 5.74) is 5.38. The van der Waals surface area contributed by atoms with Crippen molar-refractivity contribution in [3.63, 3.8) is 0 Å². The predicted molar refractivity (Wildman–Crippen MR) is 71.8 cm³/mol. The van der Waals surface area contributed by atoms with E-state index in [0.717, 1.165) is 0 Å². The van der Waals surface area contributed by atoms with Crippen LogP contribution in [0.5, 0.6) is 0 Å². The molecule has 8 heteroatoms. The highest BCUT2D eigenvalue weighted by Gasteiger charge is 2.15. The largest absolute Gasteiger partial charge is 0.480 e. The Morgan fingerprint density at radius 3 is 2.37 bits per heavy atom. The van der Waals surface area contributed by atoms with Gasteiger partial charge in [-0.15, -0.1) is 0 Å². The lowest BCUT2D eigenvalue weighted by Gasteiger charge is -2.08. The van der Waals surface area contributed by atoms with E-state index in [1.54, 1.807) is 18.3 Å². The molecular formula is C11H15N3O4S. The second-order valence-corrected chi connectivity index (χ2v) is 3.75. The highest BCUT2D eigenvalue weighted by Crippen LogP contribution is 1.91. The first-order chi connectivity index (χ1) is 8.88. The van der Waals surface area contributed by atoms with Gasteiger partial charge in [0.1, 0.15) is 6.04 Å². The Bertz CT molecular complexity index is 439. The van der Waals surface area contributed by atoms with Gasteiger partial charge in [0.05, 0.1) is 5.56 Å². The molecule has 4 N–H and O–H groups in total. The average Bonchev–Trinajstić information content (AvgIpc) is 2.37. The maximum atomic E-state index is 10.4. The average molecular weight is 285 g/mol. The van der Waals surface area contributed by atoms with Gasteiger partial charge in [0.25, 0.3) is 0 Å². The highest BCUT2D eigenvalue weighted by molar-refractivity contribution is 7.80. The lowest BCUT2D eigenvalue weighted by atomic mass is 10.3. The number of hydrogen-bond acceptors (Lipinski definition) is 5. The molecule has 0 aliphatic heterocycles. The standard InChI is InChI=1S/C6H6N2O.C5H9NO3S/c7-6(9)5-2-1-3-8-4-5;1-3(7)6-4(2-10)5(8)9/h1-4H,(H2,7,9);4,10H,2H2,1H3,(H,6,7)(H,8,9)/t;4-/m.0/s1. The number of nitrogens with zero attached hydrogens (tertiary/aromatic N) is 1. The summed E-state index contributed by atoms with van der Waals surface area (Å²) < 4.78 is 0. The van der Waals surface area contributed by atoms with Crippen LogP contribution in [0.4, 0.5) is 0 Å². The number of carboxylic acid groups (broad SMARTS) is 1. The van der Waals surface area contributed by atoms with E-state index in [-0.39, 0.29) is 11.7 Å². The summed E-state index contributed by atoms with van der Waals surface area (Å²) in [7, 11) is 0. The van der Waals surface area contributed by atoms with Crippen LogP contribution in [0.25, 0.3) is 0 Å². The summed E-state index contributed by atoms with van der Waals surface area (Å²) in [5.74, 6) is -1.76. The fraction of sp³-hybridized carbons (Fsp3) is 0.273. The topological polar surface area (TPSA) is 122 Å². The summed E-state index contributed by atoms with van der Waals surface area (Å²) in [6.45, 7) is 1.26. The number of nitrogens with two attached hydrogens (primary N) is 1. The summed E-state index contributed by atoms with van der Waals surface area (Å²) in [5, 5.41) is 10.6. The van der Waals surface area contributed by atoms with Gasteiger partial charge in [0.15, 0.2) is 0 Å². The van der Waals surface area contributed by atoms with E-state index in [0.29, 0.717) is 5.56 Å². The molecule has 0 spiro atoms. The normalized spacial score (nSPS) is 10.6. The van der Waals surface area contributed by atoms with Crippen LogP contribution < -0.4 is 11.1 Å². The van der Waals surface area contributed by atoms with Crippen molar-refractivity contribution >= 4 is 30.4 Å². The lowest BCUT2D eigenvalue weighted by Crippen LogP contribution is -2.40. The molecule has 0 unspecified atom stereocenters. The minimum absolute atomic E-state index is 0.106. The molecule has 0 radical (unpaired) electrons. The molecule has 104 valence electrons. The lowest BCUT2D eigenvalue weighted by molar-refractivity contribution is -0.140. The molecule has 0 aliphatic rings. The molecule has 0 fully saturated rings. The molecule has 7 nitrogen and oxygen atoms in total. The van der Waals surface area contributed by atoms with Crippen LogP contribution in [0, 0.1) is 0 Å². The van der Waals surface area contributed by atoms with Gasteiger partial charge >= 0.3 is 5.97 Å². The number of carbonyl (C=O) groups excluding carboxylic acids is 2. The summed E-state index contributed by atoms with van der Waals surface area (Å²) in [6, 6.07) is 2.41. The highest BCUT2D eigenvalue weighted by atomic mass is 32.1. The number of pyridine rings is 1. The maximum Gasteiger partial charge on any atom is 0.327 e. The smallest absolute Gasteiger partial charge is 0.327 e. The van der Waals surface area contributed by atoms with Gasteiger partial charge in [-0.1, -0.05) is 0 Å². The molecular weight excluding hydrogens is 270 g/mol. The molecule has 1 atom stereocenters. The van der Waals surface area contributed by atoms with Crippen molar-refractivity contribution in [3.8, 4) is 0 Å². The van der Waals surface area contributed by atoms with Crippen molar-refractivity contribution < 1.29 is 19.5 Å². The minimum atomic E-state index is -1.06. The Hall–Kier alpha value is -2.09. The SMILES string of the molecule is CC(=O)N[C@@H](CS)C(=O)O.NC(=O)c1cccnc1. The van der Waals surface area contributed by atoms with Crippen LogP contribution in [0.1, 0.15) is 17.3 Å². The Balaban J connectivity index is 0.000000342. The number of hydrogen-bond donors (Lipinski definition) is 4. The van der Waals surface area contributed by atoms with Crippen molar-refractivity contribution in [2.24, 2.45) is 5.73 Å². The van der Waals surface area contributed by atoms with Crippen LogP contribution in [0.15, 0.2) is 24.5 Å². The van der Waals surface area contributed by atoms with E-state index < -0.39 is 17.9 Å². The van der Waals surface area contributed by atoms with Gasteiger partial charge in [-0.25, -0.2) is 4.79 Å². The van der Waals surface area contributed by atoms with Gasteiger partial charge in [0.2, 0.25) is 11.8 Å². The van der Waals surface area contributed by atoms with Gasteiger partial charge in [-0.2, -0.15) is 12.6 Å². The zero-order chi connectivity index (χ0) is 14.8. The molecule has 0 aromatic carbocycles. The molecule has 1 aromatic rings. The molecule has 1 heterocycles. The molecule has 0 saturated heterocycles. The second-order valence-electron chi connectivity index (χ2n) is 3.38. The van der Waals surface area contributed by atoms with Crippen LogP contribution in [-0.4, -0.2) is 39.7 Å². The van der Waals surface area contributed by atoms with Crippen molar-refractivity contribution in [3.05, 3.63) is 30.1 Å². The van der Waals surface area contributed by atoms with Crippen molar-refractivity contribution in [1.82, 2.24) is 10.3 Å². The monoisotopic (exact) mass is 285 g/mol. The van der Waals surface area contributed by atoms with Crippen molar-refractivity contribution in [2.45, 2.75) is 13.0 Å². The third kappa shape index (κ3) is 7.77. The van der Waals surface area contributed by atoms with E-state index in [4.69, 9.17) is 10.8 Å². The number of thiol groups is 1. The van der Waals surface area contributed by atoms with E-state index in [9.17, 15) is 14.4 Å². The molecule has 2 amide bonds. The van der Waals surface area contributed by atoms with E-state index in [1.165, 1.54) is 13.1 Å². The van der Waals surface area contributed by atoms with E-state index in [1.807, 2.05) is 0 Å². The second kappa shape index (κ2) is 8.92. The molecule has 1 aromatic heterocycles. The Morgan fingerprint density at radius 1 is 1.53 bits per heavy atom. The zero-order valence-electron chi connectivity index (χ0n) is 10.2. The minimum Gasteiger partial charge on any atom is -0.480 e. The van der Waals surface area contributed by atoms with E-state index in [2.05, 4.69) is 22.9 Å². The number of rotatable bonds is 4. The van der Waals surface area contributed by atoms with Crippen molar-refractivity contribution in [1.29, 1.82) is 0 Å². The zero-order valence-corrected chi connectivity index (χ0v) is 11.1. The van der Waals surface area contributed by atoms with Gasteiger partial charge < -0.3 is 16.2 Å². The quantitative estimate of drug-likeness (QED) is 0.565. The van der Waals surface area contributed by atoms with Gasteiger partial charge in [-0.3, -0.25) is 14.6 Å². The van der Waals surface area contributed by atoms with Gasteiger partial charge in [-0.05, 0) is 12.1 Å². The fourth-order valence-corrected chi connectivity index (χ4v) is 1.19. The molecule has 0 aliphatic carbocycles. The number of aliphatic carboxylic acids is 1. The third-order valence-electron chi connectivity index (χ3n) is 1.80. The summed E-state index contributed by atoms with van der Waals surface area (Å²) >= 11 is 3.73. The van der Waals surface area contributed by atoms with Crippen LogP contribution in [0.2, 0.25) is 0 Å². The van der Waals surface area contributed by atoms with Gasteiger partial charge in [0, 0.05) is 25.1 Å². The summed E-state index contributed by atoms with van der Waals surface area (Å²) in [4.78, 5) is 34.6. The van der Waals surface area contributed by atoms with Crippen LogP contribution in [-0.2, 0) is 9.59 Å². The number of nitrogens with one attached hydrogen (secondary N) is 1. The Kier molecular flexibility index (Phi) is 7.94. The fourth-order valence-electron chi connectivity index (χ4n) is 0.939. The first-order valence-electron chi connectivity index (χ1n) is 5.19. The number of amides is 2. The Labute approximate surface area is 115 Å². The first kappa shape index (κ1) is 16.9. The number of carboxylic acids is 1.